The molecule has 3 nitrogen and oxygen atoms in total. The summed E-state index contributed by atoms with van der Waals surface area (Å²) in [5.41, 5.74) is 6.79. The van der Waals surface area contributed by atoms with Gasteiger partial charge in [0, 0.05) is 19.3 Å². The minimum atomic E-state index is 0.0925. The molecule has 2 N–H and O–H groups in total. The summed E-state index contributed by atoms with van der Waals surface area (Å²) in [6.07, 6.45) is 2.93. The minimum absolute atomic E-state index is 0.0925. The summed E-state index contributed by atoms with van der Waals surface area (Å²) in [5.74, 6) is 1.02. The lowest BCUT2D eigenvalue weighted by Crippen LogP contribution is -2.08. The summed E-state index contributed by atoms with van der Waals surface area (Å²) < 4.78 is 1.99. The van der Waals surface area contributed by atoms with Gasteiger partial charge >= 0.3 is 0 Å². The molecule has 0 aliphatic rings. The maximum Gasteiger partial charge on any atom is 0.105 e. The monoisotopic (exact) mass is 153 g/mol. The van der Waals surface area contributed by atoms with Gasteiger partial charge in [0.1, 0.15) is 5.82 Å². The predicted molar refractivity (Wildman–Crippen MR) is 45.2 cm³/mol. The topological polar surface area (TPSA) is 43.8 Å². The van der Waals surface area contributed by atoms with E-state index < -0.39 is 0 Å². The SMILES string of the molecule is CCC(N)c1cn(C)c(C)n1. The van der Waals surface area contributed by atoms with Crippen LogP contribution in [-0.2, 0) is 7.05 Å². The van der Waals surface area contributed by atoms with Gasteiger partial charge in [0.05, 0.1) is 5.69 Å². The smallest absolute Gasteiger partial charge is 0.105 e. The van der Waals surface area contributed by atoms with Crippen LogP contribution in [0.2, 0.25) is 0 Å². The molecule has 11 heavy (non-hydrogen) atoms. The first-order chi connectivity index (χ1) is 5.15. The summed E-state index contributed by atoms with van der Waals surface area (Å²) >= 11 is 0. The molecular formula is C8H15N3. The lowest BCUT2D eigenvalue weighted by Gasteiger charge is -2.02. The van der Waals surface area contributed by atoms with E-state index in [1.165, 1.54) is 0 Å². The molecule has 0 saturated carbocycles. The Kier molecular flexibility index (Phi) is 2.29. The molecule has 0 saturated heterocycles. The lowest BCUT2D eigenvalue weighted by atomic mass is 10.2. The Morgan fingerprint density at radius 1 is 1.73 bits per heavy atom. The van der Waals surface area contributed by atoms with Crippen molar-refractivity contribution in [3.8, 4) is 0 Å². The van der Waals surface area contributed by atoms with E-state index in [1.807, 2.05) is 24.7 Å². The zero-order chi connectivity index (χ0) is 8.43. The quantitative estimate of drug-likeness (QED) is 0.692. The Bertz CT molecular complexity index is 220. The number of imidazole rings is 1. The summed E-state index contributed by atoms with van der Waals surface area (Å²) in [7, 11) is 1.98. The average molecular weight is 153 g/mol. The molecule has 0 radical (unpaired) electrons. The third-order valence-corrected chi connectivity index (χ3v) is 1.95. The molecule has 0 bridgehead atoms. The molecule has 1 aromatic heterocycles. The molecule has 0 spiro atoms. The van der Waals surface area contributed by atoms with Crippen molar-refractivity contribution >= 4 is 0 Å². The Balaban J connectivity index is 2.88. The largest absolute Gasteiger partial charge is 0.338 e. The van der Waals surface area contributed by atoms with Gasteiger partial charge in [-0.05, 0) is 13.3 Å². The second-order valence-electron chi connectivity index (χ2n) is 2.84. The fourth-order valence-corrected chi connectivity index (χ4v) is 0.974. The molecule has 0 amide bonds. The molecule has 1 unspecified atom stereocenters. The van der Waals surface area contributed by atoms with Crippen molar-refractivity contribution in [2.75, 3.05) is 0 Å². The molecule has 0 aromatic carbocycles. The molecule has 1 aromatic rings. The Morgan fingerprint density at radius 3 is 2.73 bits per heavy atom. The molecule has 1 rings (SSSR count). The van der Waals surface area contributed by atoms with Gasteiger partial charge < -0.3 is 10.3 Å². The van der Waals surface area contributed by atoms with Crippen LogP contribution < -0.4 is 5.73 Å². The van der Waals surface area contributed by atoms with Crippen LogP contribution in [0.4, 0.5) is 0 Å². The normalized spacial score (nSPS) is 13.5. The van der Waals surface area contributed by atoms with E-state index >= 15 is 0 Å². The maximum atomic E-state index is 5.80. The van der Waals surface area contributed by atoms with E-state index in [0.29, 0.717) is 0 Å². The minimum Gasteiger partial charge on any atom is -0.338 e. The lowest BCUT2D eigenvalue weighted by molar-refractivity contribution is 0.678. The van der Waals surface area contributed by atoms with Crippen LogP contribution in [0.5, 0.6) is 0 Å². The molecule has 0 fully saturated rings. The van der Waals surface area contributed by atoms with Gasteiger partial charge in [-0.25, -0.2) is 4.98 Å². The molecule has 3 heteroatoms. The van der Waals surface area contributed by atoms with E-state index in [-0.39, 0.29) is 6.04 Å². The van der Waals surface area contributed by atoms with E-state index in [2.05, 4.69) is 11.9 Å². The number of rotatable bonds is 2. The van der Waals surface area contributed by atoms with Crippen LogP contribution >= 0.6 is 0 Å². The van der Waals surface area contributed by atoms with Crippen LogP contribution in [0.3, 0.4) is 0 Å². The van der Waals surface area contributed by atoms with Crippen molar-refractivity contribution in [3.05, 3.63) is 17.7 Å². The highest BCUT2D eigenvalue weighted by molar-refractivity contribution is 5.06. The van der Waals surface area contributed by atoms with Crippen molar-refractivity contribution in [2.24, 2.45) is 12.8 Å². The highest BCUT2D eigenvalue weighted by atomic mass is 15.0. The van der Waals surface area contributed by atoms with E-state index in [4.69, 9.17) is 5.73 Å². The average Bonchev–Trinajstić information content (AvgIpc) is 2.31. The van der Waals surface area contributed by atoms with Crippen molar-refractivity contribution < 1.29 is 0 Å². The number of nitrogens with two attached hydrogens (primary N) is 1. The molecule has 1 heterocycles. The molecular weight excluding hydrogens is 138 g/mol. The van der Waals surface area contributed by atoms with Gasteiger partial charge in [-0.3, -0.25) is 0 Å². The maximum absolute atomic E-state index is 5.80. The Morgan fingerprint density at radius 2 is 2.36 bits per heavy atom. The molecule has 1 atom stereocenters. The van der Waals surface area contributed by atoms with Crippen LogP contribution in [0.1, 0.15) is 30.9 Å². The van der Waals surface area contributed by atoms with Crippen LogP contribution in [-0.4, -0.2) is 9.55 Å². The molecule has 0 aliphatic carbocycles. The summed E-state index contributed by atoms with van der Waals surface area (Å²) in [6.45, 7) is 4.04. The van der Waals surface area contributed by atoms with Crippen LogP contribution in [0.15, 0.2) is 6.20 Å². The third kappa shape index (κ3) is 1.60. The zero-order valence-electron chi connectivity index (χ0n) is 7.33. The van der Waals surface area contributed by atoms with Crippen LogP contribution in [0, 0.1) is 6.92 Å². The summed E-state index contributed by atoms with van der Waals surface area (Å²) in [4.78, 5) is 4.32. The number of hydrogen-bond acceptors (Lipinski definition) is 2. The highest BCUT2D eigenvalue weighted by Gasteiger charge is 2.07. The summed E-state index contributed by atoms with van der Waals surface area (Å²) in [6, 6.07) is 0.0925. The van der Waals surface area contributed by atoms with Crippen molar-refractivity contribution in [2.45, 2.75) is 26.3 Å². The third-order valence-electron chi connectivity index (χ3n) is 1.95. The standard InChI is InChI=1S/C8H15N3/c1-4-7(9)8-5-11(3)6(2)10-8/h5,7H,4,9H2,1-3H3. The van der Waals surface area contributed by atoms with Crippen molar-refractivity contribution in [3.63, 3.8) is 0 Å². The van der Waals surface area contributed by atoms with E-state index in [0.717, 1.165) is 17.9 Å². The first-order valence-corrected chi connectivity index (χ1v) is 3.90. The van der Waals surface area contributed by atoms with Gasteiger partial charge in [0.2, 0.25) is 0 Å². The highest BCUT2D eigenvalue weighted by Crippen LogP contribution is 2.11. The number of hydrogen-bond donors (Lipinski definition) is 1. The van der Waals surface area contributed by atoms with E-state index in [1.54, 1.807) is 0 Å². The molecule has 62 valence electrons. The van der Waals surface area contributed by atoms with Crippen LogP contribution in [0.25, 0.3) is 0 Å². The van der Waals surface area contributed by atoms with Crippen molar-refractivity contribution in [1.29, 1.82) is 0 Å². The zero-order valence-corrected chi connectivity index (χ0v) is 7.33. The van der Waals surface area contributed by atoms with E-state index in [9.17, 15) is 0 Å². The van der Waals surface area contributed by atoms with Gasteiger partial charge in [-0.2, -0.15) is 0 Å². The Labute approximate surface area is 67.2 Å². The van der Waals surface area contributed by atoms with Crippen molar-refractivity contribution in [1.82, 2.24) is 9.55 Å². The fourth-order valence-electron chi connectivity index (χ4n) is 0.974. The van der Waals surface area contributed by atoms with Gasteiger partial charge in [0.15, 0.2) is 0 Å². The summed E-state index contributed by atoms with van der Waals surface area (Å²) in [5, 5.41) is 0. The second-order valence-corrected chi connectivity index (χ2v) is 2.84. The number of aromatic nitrogens is 2. The fraction of sp³-hybridized carbons (Fsp3) is 0.625. The second kappa shape index (κ2) is 3.05. The van der Waals surface area contributed by atoms with Gasteiger partial charge in [-0.1, -0.05) is 6.92 Å². The van der Waals surface area contributed by atoms with Gasteiger partial charge in [-0.15, -0.1) is 0 Å². The first kappa shape index (κ1) is 8.27. The first-order valence-electron chi connectivity index (χ1n) is 3.90. The molecule has 0 aliphatic heterocycles. The number of aryl methyl sites for hydroxylation is 2. The Hall–Kier alpha value is -0.830. The van der Waals surface area contributed by atoms with Gasteiger partial charge in [0.25, 0.3) is 0 Å². The predicted octanol–water partition coefficient (Wildman–Crippen LogP) is 1.14. The number of nitrogens with zero attached hydrogens (tertiary/aromatic N) is 2.